The first-order chi connectivity index (χ1) is 9.83. The second-order valence-electron chi connectivity index (χ2n) is 5.66. The predicted octanol–water partition coefficient (Wildman–Crippen LogP) is 4.88. The fourth-order valence-electron chi connectivity index (χ4n) is 3.24. The largest absolute Gasteiger partial charge is 0.372 e. The lowest BCUT2D eigenvalue weighted by molar-refractivity contribution is 0.744. The van der Waals surface area contributed by atoms with Crippen molar-refractivity contribution in [1.82, 2.24) is 0 Å². The summed E-state index contributed by atoms with van der Waals surface area (Å²) in [6.07, 6.45) is 3.50. The van der Waals surface area contributed by atoms with Crippen molar-refractivity contribution in [2.75, 3.05) is 18.0 Å². The molecule has 2 aromatic carbocycles. The van der Waals surface area contributed by atoms with Gasteiger partial charge in [-0.15, -0.1) is 0 Å². The van der Waals surface area contributed by atoms with Crippen molar-refractivity contribution in [1.29, 1.82) is 0 Å². The van der Waals surface area contributed by atoms with Gasteiger partial charge >= 0.3 is 0 Å². The van der Waals surface area contributed by atoms with E-state index >= 15 is 0 Å². The van der Waals surface area contributed by atoms with Crippen molar-refractivity contribution >= 4 is 5.69 Å². The molecule has 0 aliphatic heterocycles. The van der Waals surface area contributed by atoms with Gasteiger partial charge in [-0.05, 0) is 53.6 Å². The molecule has 0 unspecified atom stereocenters. The molecule has 1 heteroatoms. The van der Waals surface area contributed by atoms with E-state index in [1.54, 1.807) is 0 Å². The molecule has 2 aromatic rings. The molecule has 1 aliphatic rings. The highest BCUT2D eigenvalue weighted by Gasteiger charge is 2.18. The summed E-state index contributed by atoms with van der Waals surface area (Å²) in [6, 6.07) is 15.8. The quantitative estimate of drug-likeness (QED) is 0.635. The minimum atomic E-state index is 1.09. The minimum absolute atomic E-state index is 1.09. The molecule has 0 saturated carbocycles. The van der Waals surface area contributed by atoms with Gasteiger partial charge in [-0.1, -0.05) is 44.2 Å². The first-order valence-electron chi connectivity index (χ1n) is 7.79. The standard InChI is InChI=1S/C19H23N/c1-3-11-20(12-4-2)17-9-10-19-16(14-17)13-15-7-5-6-8-18(15)19/h5-10,14H,3-4,11-13H2,1-2H3. The van der Waals surface area contributed by atoms with Crippen molar-refractivity contribution in [2.24, 2.45) is 0 Å². The molecule has 0 bridgehead atoms. The molecule has 0 fully saturated rings. The highest BCUT2D eigenvalue weighted by atomic mass is 15.1. The van der Waals surface area contributed by atoms with E-state index in [1.165, 1.54) is 40.8 Å². The van der Waals surface area contributed by atoms with Gasteiger partial charge in [0.25, 0.3) is 0 Å². The van der Waals surface area contributed by atoms with Gasteiger partial charge in [0.05, 0.1) is 0 Å². The van der Waals surface area contributed by atoms with Gasteiger partial charge in [-0.25, -0.2) is 0 Å². The SMILES string of the molecule is CCCN(CCC)c1ccc2c(c1)Cc1ccccc1-2. The van der Waals surface area contributed by atoms with Gasteiger partial charge in [0.15, 0.2) is 0 Å². The highest BCUT2D eigenvalue weighted by Crippen LogP contribution is 2.38. The van der Waals surface area contributed by atoms with Crippen LogP contribution in [0.1, 0.15) is 37.8 Å². The number of hydrogen-bond acceptors (Lipinski definition) is 1. The molecule has 1 aliphatic carbocycles. The summed E-state index contributed by atoms with van der Waals surface area (Å²) in [5.74, 6) is 0. The molecule has 104 valence electrons. The Morgan fingerprint density at radius 1 is 0.850 bits per heavy atom. The molecule has 0 amide bonds. The van der Waals surface area contributed by atoms with Crippen LogP contribution in [0.3, 0.4) is 0 Å². The summed E-state index contributed by atoms with van der Waals surface area (Å²) in [7, 11) is 0. The second kappa shape index (κ2) is 5.70. The predicted molar refractivity (Wildman–Crippen MR) is 87.5 cm³/mol. The van der Waals surface area contributed by atoms with Crippen molar-refractivity contribution in [3.63, 3.8) is 0 Å². The number of benzene rings is 2. The Bertz CT molecular complexity index is 594. The number of rotatable bonds is 5. The summed E-state index contributed by atoms with van der Waals surface area (Å²) in [5, 5.41) is 0. The molecule has 3 rings (SSSR count). The fraction of sp³-hybridized carbons (Fsp3) is 0.368. The number of fused-ring (bicyclic) bond motifs is 3. The van der Waals surface area contributed by atoms with Crippen LogP contribution in [0.15, 0.2) is 42.5 Å². The van der Waals surface area contributed by atoms with Crippen molar-refractivity contribution < 1.29 is 0 Å². The van der Waals surface area contributed by atoms with Crippen molar-refractivity contribution in [3.05, 3.63) is 53.6 Å². The maximum atomic E-state index is 2.52. The van der Waals surface area contributed by atoms with E-state index in [2.05, 4.69) is 61.2 Å². The summed E-state index contributed by atoms with van der Waals surface area (Å²) < 4.78 is 0. The average molecular weight is 265 g/mol. The summed E-state index contributed by atoms with van der Waals surface area (Å²) >= 11 is 0. The average Bonchev–Trinajstić information content (AvgIpc) is 2.84. The Kier molecular flexibility index (Phi) is 3.77. The van der Waals surface area contributed by atoms with E-state index in [9.17, 15) is 0 Å². The first-order valence-corrected chi connectivity index (χ1v) is 7.79. The van der Waals surface area contributed by atoms with Crippen LogP contribution in [-0.4, -0.2) is 13.1 Å². The number of nitrogens with zero attached hydrogens (tertiary/aromatic N) is 1. The van der Waals surface area contributed by atoms with E-state index in [0.717, 1.165) is 19.5 Å². The molecule has 0 saturated heterocycles. The van der Waals surface area contributed by atoms with Crippen LogP contribution in [0, 0.1) is 0 Å². The van der Waals surface area contributed by atoms with E-state index in [4.69, 9.17) is 0 Å². The van der Waals surface area contributed by atoms with Gasteiger partial charge in [0, 0.05) is 18.8 Å². The minimum Gasteiger partial charge on any atom is -0.372 e. The van der Waals surface area contributed by atoms with Gasteiger partial charge in [-0.3, -0.25) is 0 Å². The maximum Gasteiger partial charge on any atom is 0.0369 e. The maximum absolute atomic E-state index is 2.52. The molecule has 0 N–H and O–H groups in total. The van der Waals surface area contributed by atoms with Gasteiger partial charge in [0.1, 0.15) is 0 Å². The Morgan fingerprint density at radius 2 is 1.55 bits per heavy atom. The zero-order chi connectivity index (χ0) is 13.9. The van der Waals surface area contributed by atoms with Crippen LogP contribution in [0.4, 0.5) is 5.69 Å². The second-order valence-corrected chi connectivity index (χ2v) is 5.66. The van der Waals surface area contributed by atoms with E-state index in [0.29, 0.717) is 0 Å². The fourth-order valence-corrected chi connectivity index (χ4v) is 3.24. The molecule has 0 atom stereocenters. The zero-order valence-corrected chi connectivity index (χ0v) is 12.5. The van der Waals surface area contributed by atoms with Crippen molar-refractivity contribution in [2.45, 2.75) is 33.1 Å². The first kappa shape index (κ1) is 13.2. The van der Waals surface area contributed by atoms with Crippen LogP contribution in [0.25, 0.3) is 11.1 Å². The third-order valence-corrected chi connectivity index (χ3v) is 4.13. The van der Waals surface area contributed by atoms with Gasteiger partial charge in [0.2, 0.25) is 0 Å². The third-order valence-electron chi connectivity index (χ3n) is 4.13. The van der Waals surface area contributed by atoms with E-state index < -0.39 is 0 Å². The van der Waals surface area contributed by atoms with Gasteiger partial charge < -0.3 is 4.90 Å². The molecule has 0 spiro atoms. The van der Waals surface area contributed by atoms with E-state index in [-0.39, 0.29) is 0 Å². The zero-order valence-electron chi connectivity index (χ0n) is 12.5. The smallest absolute Gasteiger partial charge is 0.0369 e. The van der Waals surface area contributed by atoms with Crippen molar-refractivity contribution in [3.8, 4) is 11.1 Å². The lowest BCUT2D eigenvalue weighted by atomic mass is 10.1. The summed E-state index contributed by atoms with van der Waals surface area (Å²) in [6.45, 7) is 6.82. The molecule has 20 heavy (non-hydrogen) atoms. The topological polar surface area (TPSA) is 3.24 Å². The Balaban J connectivity index is 1.93. The Labute approximate surface area is 122 Å². The Morgan fingerprint density at radius 3 is 2.30 bits per heavy atom. The van der Waals surface area contributed by atoms with E-state index in [1.807, 2.05) is 0 Å². The van der Waals surface area contributed by atoms with Crippen LogP contribution in [0.5, 0.6) is 0 Å². The normalized spacial score (nSPS) is 12.1. The van der Waals surface area contributed by atoms with Gasteiger partial charge in [-0.2, -0.15) is 0 Å². The van der Waals surface area contributed by atoms with Crippen LogP contribution < -0.4 is 4.90 Å². The van der Waals surface area contributed by atoms with Crippen LogP contribution in [-0.2, 0) is 6.42 Å². The molecule has 0 radical (unpaired) electrons. The summed E-state index contributed by atoms with van der Waals surface area (Å²) in [5.41, 5.74) is 7.20. The van der Waals surface area contributed by atoms with Crippen LogP contribution >= 0.6 is 0 Å². The monoisotopic (exact) mass is 265 g/mol. The Hall–Kier alpha value is -1.76. The molecular formula is C19H23N. The third kappa shape index (κ3) is 2.33. The number of hydrogen-bond donors (Lipinski definition) is 0. The lowest BCUT2D eigenvalue weighted by Crippen LogP contribution is -2.24. The highest BCUT2D eigenvalue weighted by molar-refractivity contribution is 5.78. The molecule has 0 aromatic heterocycles. The van der Waals surface area contributed by atoms with Crippen LogP contribution in [0.2, 0.25) is 0 Å². The number of anilines is 1. The molecular weight excluding hydrogens is 242 g/mol. The summed E-state index contributed by atoms with van der Waals surface area (Å²) in [4.78, 5) is 2.52. The lowest BCUT2D eigenvalue weighted by Gasteiger charge is -2.24. The molecule has 1 nitrogen and oxygen atoms in total. The molecule has 0 heterocycles.